The number of likely N-dealkylation sites (N-methyl/N-ethyl adjacent to an activating group) is 1. The van der Waals surface area contributed by atoms with Crippen molar-refractivity contribution in [3.05, 3.63) is 76.6 Å². The van der Waals surface area contributed by atoms with Crippen LogP contribution in [0.4, 0.5) is 24.5 Å². The molecule has 11 nitrogen and oxygen atoms in total. The van der Waals surface area contributed by atoms with Crippen molar-refractivity contribution < 1.29 is 37.1 Å². The lowest BCUT2D eigenvalue weighted by Crippen LogP contribution is -2.48. The van der Waals surface area contributed by atoms with Crippen molar-refractivity contribution in [1.82, 2.24) is 20.0 Å². The highest BCUT2D eigenvalue weighted by Crippen LogP contribution is 2.34. The Morgan fingerprint density at radius 1 is 1.06 bits per heavy atom. The highest BCUT2D eigenvalue weighted by Gasteiger charge is 2.43. The summed E-state index contributed by atoms with van der Waals surface area (Å²) in [4.78, 5) is 65.9. The average molecular weight is 687 g/mol. The summed E-state index contributed by atoms with van der Waals surface area (Å²) in [5.41, 5.74) is -0.267. The van der Waals surface area contributed by atoms with Gasteiger partial charge in [0.2, 0.25) is 5.91 Å². The molecule has 1 fully saturated rings. The maximum atomic E-state index is 13.3. The summed E-state index contributed by atoms with van der Waals surface area (Å²) in [7, 11) is 1.40. The molecule has 1 aromatic heterocycles. The summed E-state index contributed by atoms with van der Waals surface area (Å²) >= 11 is 0. The number of nitrogens with zero attached hydrogens (tertiary/aromatic N) is 4. The number of halogens is 3. The first-order chi connectivity index (χ1) is 23.7. The minimum atomic E-state index is -4.55. The van der Waals surface area contributed by atoms with Crippen LogP contribution in [0.15, 0.2) is 48.8 Å². The standard InChI is InChI=1S/C36H33F3N6O5/c1-5-7-24-16-25(36(37,38)39)11-14-29(24)42-34(50)35(2,3)44-21-22(18-41-44)9-10-23-19-43(20-23)26-12-13-27-28(17-26)33(49)45(32(27)48)30(8-6-15-46)31(47)40-4/h11-18,21,23,30H,6,8,19-20H2,1-4H3,(H,40,47)(H,42,50). The van der Waals surface area contributed by atoms with Crippen molar-refractivity contribution in [3.8, 4) is 23.7 Å². The number of hydrogen-bond donors (Lipinski definition) is 2. The summed E-state index contributed by atoms with van der Waals surface area (Å²) in [5.74, 6) is 9.19. The SMILES string of the molecule is CC#Cc1cc(C(F)(F)F)ccc1NC(=O)C(C)(C)n1cc(C#CC2CN(c3ccc4c(c3)C(=O)N(C(CCC=O)C(=O)NC)C4=O)C2)cn1. The van der Waals surface area contributed by atoms with Gasteiger partial charge in [0, 0.05) is 44.0 Å². The van der Waals surface area contributed by atoms with Crippen LogP contribution in [-0.2, 0) is 26.1 Å². The van der Waals surface area contributed by atoms with Crippen molar-refractivity contribution in [2.45, 2.75) is 51.4 Å². The Morgan fingerprint density at radius 2 is 1.78 bits per heavy atom. The van der Waals surface area contributed by atoms with Gasteiger partial charge in [-0.25, -0.2) is 0 Å². The van der Waals surface area contributed by atoms with Crippen molar-refractivity contribution in [2.75, 3.05) is 30.4 Å². The number of nitrogens with one attached hydrogen (secondary N) is 2. The van der Waals surface area contributed by atoms with Crippen molar-refractivity contribution in [3.63, 3.8) is 0 Å². The molecule has 258 valence electrons. The first kappa shape index (κ1) is 35.4. The molecule has 3 aromatic rings. The molecular formula is C36H33F3N6O5. The zero-order chi connectivity index (χ0) is 36.4. The van der Waals surface area contributed by atoms with Gasteiger partial charge in [-0.05, 0) is 63.6 Å². The third-order valence-electron chi connectivity index (χ3n) is 8.55. The third kappa shape index (κ3) is 6.96. The van der Waals surface area contributed by atoms with Crippen molar-refractivity contribution >= 4 is 41.3 Å². The topological polar surface area (TPSA) is 134 Å². The number of amides is 4. The van der Waals surface area contributed by atoms with E-state index in [1.165, 1.54) is 30.9 Å². The van der Waals surface area contributed by atoms with Gasteiger partial charge in [0.15, 0.2) is 0 Å². The molecule has 2 aliphatic heterocycles. The fourth-order valence-corrected chi connectivity index (χ4v) is 5.60. The Morgan fingerprint density at radius 3 is 2.44 bits per heavy atom. The van der Waals surface area contributed by atoms with Crippen LogP contribution in [0.5, 0.6) is 0 Å². The van der Waals surface area contributed by atoms with Crippen LogP contribution in [0.2, 0.25) is 0 Å². The molecule has 2 aromatic carbocycles. The van der Waals surface area contributed by atoms with E-state index in [2.05, 4.69) is 39.4 Å². The number of hydrogen-bond acceptors (Lipinski definition) is 7. The molecule has 4 amide bonds. The first-order valence-corrected chi connectivity index (χ1v) is 15.6. The van der Waals surface area contributed by atoms with Crippen molar-refractivity contribution in [1.29, 1.82) is 0 Å². The van der Waals surface area contributed by atoms with Crippen LogP contribution in [0.3, 0.4) is 0 Å². The van der Waals surface area contributed by atoms with Gasteiger partial charge in [-0.1, -0.05) is 17.8 Å². The monoisotopic (exact) mass is 686 g/mol. The van der Waals surface area contributed by atoms with E-state index in [1.807, 2.05) is 4.90 Å². The largest absolute Gasteiger partial charge is 0.416 e. The molecule has 2 aliphatic rings. The van der Waals surface area contributed by atoms with Crippen LogP contribution in [0.25, 0.3) is 0 Å². The minimum Gasteiger partial charge on any atom is -0.369 e. The van der Waals surface area contributed by atoms with E-state index >= 15 is 0 Å². The van der Waals surface area contributed by atoms with Gasteiger partial charge < -0.3 is 20.3 Å². The fraction of sp³-hybridized carbons (Fsp3) is 0.333. The summed E-state index contributed by atoms with van der Waals surface area (Å²) in [5, 5.41) is 9.42. The lowest BCUT2D eigenvalue weighted by atomic mass is 9.98. The molecule has 5 rings (SSSR count). The smallest absolute Gasteiger partial charge is 0.369 e. The van der Waals surface area contributed by atoms with Crippen LogP contribution < -0.4 is 15.5 Å². The molecular weight excluding hydrogens is 653 g/mol. The maximum absolute atomic E-state index is 13.3. The first-order valence-electron chi connectivity index (χ1n) is 15.6. The normalized spacial score (nSPS) is 14.9. The second kappa shape index (κ2) is 13.9. The average Bonchev–Trinajstić information content (AvgIpc) is 3.64. The molecule has 1 saturated heterocycles. The van der Waals surface area contributed by atoms with E-state index in [-0.39, 0.29) is 41.1 Å². The van der Waals surface area contributed by atoms with Gasteiger partial charge >= 0.3 is 6.18 Å². The number of aldehydes is 1. The zero-order valence-electron chi connectivity index (χ0n) is 27.6. The predicted octanol–water partition coefficient (Wildman–Crippen LogP) is 3.82. The van der Waals surface area contributed by atoms with Gasteiger partial charge in [-0.15, -0.1) is 5.92 Å². The Balaban J connectivity index is 1.22. The predicted molar refractivity (Wildman–Crippen MR) is 177 cm³/mol. The zero-order valence-corrected chi connectivity index (χ0v) is 27.6. The quantitative estimate of drug-likeness (QED) is 0.199. The van der Waals surface area contributed by atoms with Gasteiger partial charge in [0.25, 0.3) is 17.7 Å². The Labute approximate surface area is 286 Å². The van der Waals surface area contributed by atoms with E-state index in [0.29, 0.717) is 24.9 Å². The number of imide groups is 1. The summed E-state index contributed by atoms with van der Waals surface area (Å²) in [6, 6.07) is 6.77. The Hall–Kier alpha value is -5.89. The molecule has 1 atom stereocenters. The second-order valence-electron chi connectivity index (χ2n) is 12.3. The Kier molecular flexibility index (Phi) is 9.86. The van der Waals surface area contributed by atoms with E-state index in [9.17, 15) is 37.1 Å². The molecule has 0 spiro atoms. The molecule has 14 heteroatoms. The van der Waals surface area contributed by atoms with E-state index in [0.717, 1.165) is 22.7 Å². The number of benzene rings is 2. The molecule has 0 saturated carbocycles. The minimum absolute atomic E-state index is 0.0165. The highest BCUT2D eigenvalue weighted by atomic mass is 19.4. The molecule has 0 bridgehead atoms. The van der Waals surface area contributed by atoms with E-state index in [4.69, 9.17) is 0 Å². The van der Waals surface area contributed by atoms with E-state index < -0.39 is 46.9 Å². The molecule has 0 aliphatic carbocycles. The second-order valence-corrected chi connectivity index (χ2v) is 12.3. The molecule has 3 heterocycles. The fourth-order valence-electron chi connectivity index (χ4n) is 5.60. The van der Waals surface area contributed by atoms with Crippen LogP contribution in [-0.4, -0.2) is 70.8 Å². The number of fused-ring (bicyclic) bond motifs is 1. The molecule has 2 N–H and O–H groups in total. The number of anilines is 2. The maximum Gasteiger partial charge on any atom is 0.416 e. The summed E-state index contributed by atoms with van der Waals surface area (Å²) < 4.78 is 41.1. The molecule has 1 unspecified atom stereocenters. The number of carbonyl (C=O) groups is 5. The highest BCUT2D eigenvalue weighted by molar-refractivity contribution is 6.23. The number of alkyl halides is 3. The number of rotatable bonds is 9. The number of aromatic nitrogens is 2. The van der Waals surface area contributed by atoms with Crippen LogP contribution >= 0.6 is 0 Å². The summed E-state index contributed by atoms with van der Waals surface area (Å²) in [6.07, 6.45) is -0.755. The van der Waals surface area contributed by atoms with Crippen LogP contribution in [0, 0.1) is 29.6 Å². The number of carbonyl (C=O) groups excluding carboxylic acids is 5. The third-order valence-corrected chi connectivity index (χ3v) is 8.55. The molecule has 50 heavy (non-hydrogen) atoms. The van der Waals surface area contributed by atoms with Crippen LogP contribution in [0.1, 0.15) is 71.0 Å². The van der Waals surface area contributed by atoms with E-state index in [1.54, 1.807) is 38.2 Å². The van der Waals surface area contributed by atoms with Gasteiger partial charge in [0.1, 0.15) is 17.9 Å². The lowest BCUT2D eigenvalue weighted by molar-refractivity contribution is -0.137. The van der Waals surface area contributed by atoms with Gasteiger partial charge in [0.05, 0.1) is 40.1 Å². The lowest BCUT2D eigenvalue weighted by Gasteiger charge is -2.38. The van der Waals surface area contributed by atoms with Gasteiger partial charge in [-0.2, -0.15) is 18.3 Å². The van der Waals surface area contributed by atoms with Crippen molar-refractivity contribution in [2.24, 2.45) is 5.92 Å². The Bertz CT molecular complexity index is 2010. The van der Waals surface area contributed by atoms with Gasteiger partial charge in [-0.3, -0.25) is 28.8 Å². The molecule has 0 radical (unpaired) electrons. The summed E-state index contributed by atoms with van der Waals surface area (Å²) in [6.45, 7) is 5.82.